The van der Waals surface area contributed by atoms with Crippen molar-refractivity contribution in [1.29, 1.82) is 0 Å². The second kappa shape index (κ2) is 5.46. The first-order valence-corrected chi connectivity index (χ1v) is 7.24. The van der Waals surface area contributed by atoms with Gasteiger partial charge in [-0.2, -0.15) is 5.10 Å². The van der Waals surface area contributed by atoms with Gasteiger partial charge in [0.15, 0.2) is 0 Å². The van der Waals surface area contributed by atoms with Crippen LogP contribution in [0.15, 0.2) is 36.7 Å². The molecule has 3 aromatic rings. The maximum atomic E-state index is 6.31. The van der Waals surface area contributed by atoms with Crippen LogP contribution in [0.2, 0.25) is 5.02 Å². The lowest BCUT2D eigenvalue weighted by molar-refractivity contribution is 0.528. The first kappa shape index (κ1) is 13.5. The number of alkyl halides is 1. The lowest BCUT2D eigenvalue weighted by atomic mass is 10.3. The van der Waals surface area contributed by atoms with Crippen molar-refractivity contribution in [2.45, 2.75) is 25.4 Å². The summed E-state index contributed by atoms with van der Waals surface area (Å²) >= 11 is 12.6. The Kier molecular flexibility index (Phi) is 3.68. The fourth-order valence-corrected chi connectivity index (χ4v) is 2.76. The highest BCUT2D eigenvalue weighted by Gasteiger charge is 2.16. The summed E-state index contributed by atoms with van der Waals surface area (Å²) in [7, 11) is 0. The maximum Gasteiger partial charge on any atom is 0.127 e. The molecular weight excluding hydrogens is 295 g/mol. The summed E-state index contributed by atoms with van der Waals surface area (Å²) in [6.45, 7) is 3.40. The predicted molar refractivity (Wildman–Crippen MR) is 81.2 cm³/mol. The molecular formula is C14H14Cl2N4. The minimum absolute atomic E-state index is 0.170. The summed E-state index contributed by atoms with van der Waals surface area (Å²) < 4.78 is 3.96. The molecule has 1 unspecified atom stereocenters. The van der Waals surface area contributed by atoms with Crippen LogP contribution in [0, 0.1) is 0 Å². The third kappa shape index (κ3) is 2.41. The quantitative estimate of drug-likeness (QED) is 0.686. The van der Waals surface area contributed by atoms with Gasteiger partial charge in [0.25, 0.3) is 0 Å². The number of halogens is 2. The van der Waals surface area contributed by atoms with Crippen molar-refractivity contribution < 1.29 is 0 Å². The largest absolute Gasteiger partial charge is 0.324 e. The molecule has 0 bridgehead atoms. The van der Waals surface area contributed by atoms with Crippen LogP contribution >= 0.6 is 23.2 Å². The molecule has 104 valence electrons. The van der Waals surface area contributed by atoms with Gasteiger partial charge >= 0.3 is 0 Å². The zero-order valence-corrected chi connectivity index (χ0v) is 12.5. The van der Waals surface area contributed by atoms with Crippen LogP contribution in [0.1, 0.15) is 18.1 Å². The monoisotopic (exact) mass is 308 g/mol. The molecule has 2 heterocycles. The third-order valence-corrected chi connectivity index (χ3v) is 3.71. The molecule has 6 heteroatoms. The Morgan fingerprint density at radius 1 is 1.25 bits per heavy atom. The summed E-state index contributed by atoms with van der Waals surface area (Å²) in [5.74, 6) is 0.835. The molecule has 0 fully saturated rings. The molecule has 2 aromatic heterocycles. The molecule has 0 aliphatic rings. The summed E-state index contributed by atoms with van der Waals surface area (Å²) in [5.41, 5.74) is 1.81. The zero-order chi connectivity index (χ0) is 14.1. The Balaban J connectivity index is 2.04. The van der Waals surface area contributed by atoms with Crippen molar-refractivity contribution in [1.82, 2.24) is 19.3 Å². The summed E-state index contributed by atoms with van der Waals surface area (Å²) in [4.78, 5) is 4.59. The van der Waals surface area contributed by atoms with Crippen molar-refractivity contribution in [3.8, 4) is 0 Å². The van der Waals surface area contributed by atoms with E-state index in [4.69, 9.17) is 23.2 Å². The van der Waals surface area contributed by atoms with Gasteiger partial charge in [0.05, 0.1) is 28.0 Å². The Bertz CT molecular complexity index is 716. The fourth-order valence-electron chi connectivity index (χ4n) is 2.32. The van der Waals surface area contributed by atoms with E-state index in [1.54, 1.807) is 6.20 Å². The average molecular weight is 309 g/mol. The van der Waals surface area contributed by atoms with Crippen molar-refractivity contribution in [3.63, 3.8) is 0 Å². The van der Waals surface area contributed by atoms with Gasteiger partial charge in [-0.1, -0.05) is 17.7 Å². The molecule has 0 N–H and O–H groups in total. The highest BCUT2D eigenvalue weighted by molar-refractivity contribution is 6.35. The number of benzene rings is 1. The number of nitrogens with zero attached hydrogens (tertiary/aromatic N) is 4. The van der Waals surface area contributed by atoms with Crippen LogP contribution < -0.4 is 0 Å². The molecule has 0 aliphatic carbocycles. The number of imidazole rings is 1. The average Bonchev–Trinajstić information content (AvgIpc) is 3.03. The van der Waals surface area contributed by atoms with Crippen LogP contribution in [-0.4, -0.2) is 19.3 Å². The molecule has 4 nitrogen and oxygen atoms in total. The maximum absolute atomic E-state index is 6.31. The van der Waals surface area contributed by atoms with Crippen molar-refractivity contribution in [3.05, 3.63) is 47.5 Å². The Morgan fingerprint density at radius 3 is 2.80 bits per heavy atom. The van der Waals surface area contributed by atoms with Crippen molar-refractivity contribution >= 4 is 34.2 Å². The molecule has 0 amide bonds. The van der Waals surface area contributed by atoms with E-state index in [-0.39, 0.29) is 5.38 Å². The number of aromatic nitrogens is 4. The molecule has 0 spiro atoms. The highest BCUT2D eigenvalue weighted by atomic mass is 35.5. The van der Waals surface area contributed by atoms with Crippen LogP contribution in [0.4, 0.5) is 0 Å². The second-order valence-electron chi connectivity index (χ2n) is 4.61. The minimum Gasteiger partial charge on any atom is -0.324 e. The third-order valence-electron chi connectivity index (χ3n) is 3.21. The lowest BCUT2D eigenvalue weighted by Gasteiger charge is -2.11. The van der Waals surface area contributed by atoms with E-state index in [1.165, 1.54) is 0 Å². The lowest BCUT2D eigenvalue weighted by Crippen LogP contribution is -2.11. The molecule has 0 radical (unpaired) electrons. The first-order valence-electron chi connectivity index (χ1n) is 6.43. The summed E-state index contributed by atoms with van der Waals surface area (Å²) in [6.07, 6.45) is 3.70. The van der Waals surface area contributed by atoms with E-state index < -0.39 is 0 Å². The number of fused-ring (bicyclic) bond motifs is 1. The standard InChI is InChI=1S/C14H14Cl2N4/c1-10(15)14-18-12-5-2-4-11(16)13(12)20(14)9-8-19-7-3-6-17-19/h2-7,10H,8-9H2,1H3. The number of hydrogen-bond donors (Lipinski definition) is 0. The topological polar surface area (TPSA) is 35.6 Å². The number of para-hydroxylation sites is 1. The number of rotatable bonds is 4. The summed E-state index contributed by atoms with van der Waals surface area (Å²) in [5, 5.41) is 4.73. The van der Waals surface area contributed by atoms with Crippen LogP contribution in [-0.2, 0) is 13.1 Å². The van der Waals surface area contributed by atoms with Crippen molar-refractivity contribution in [2.75, 3.05) is 0 Å². The Hall–Kier alpha value is -1.52. The van der Waals surface area contributed by atoms with E-state index in [9.17, 15) is 0 Å². The molecule has 0 aliphatic heterocycles. The van der Waals surface area contributed by atoms with Gasteiger partial charge < -0.3 is 4.57 Å². The molecule has 3 rings (SSSR count). The Labute approximate surface area is 126 Å². The van der Waals surface area contributed by atoms with Gasteiger partial charge in [-0.15, -0.1) is 11.6 Å². The van der Waals surface area contributed by atoms with Gasteiger partial charge in [-0.3, -0.25) is 4.68 Å². The van der Waals surface area contributed by atoms with Gasteiger partial charge in [-0.25, -0.2) is 4.98 Å². The smallest absolute Gasteiger partial charge is 0.127 e. The van der Waals surface area contributed by atoms with E-state index in [1.807, 2.05) is 42.1 Å². The van der Waals surface area contributed by atoms with E-state index in [0.717, 1.165) is 29.9 Å². The first-order chi connectivity index (χ1) is 9.66. The molecule has 1 aromatic carbocycles. The SMILES string of the molecule is CC(Cl)c1nc2cccc(Cl)c2n1CCn1cccn1. The molecule has 0 saturated carbocycles. The van der Waals surface area contributed by atoms with E-state index >= 15 is 0 Å². The van der Waals surface area contributed by atoms with Crippen LogP contribution in [0.5, 0.6) is 0 Å². The van der Waals surface area contributed by atoms with E-state index in [0.29, 0.717) is 5.02 Å². The van der Waals surface area contributed by atoms with Gasteiger partial charge in [0.1, 0.15) is 5.82 Å². The molecule has 0 saturated heterocycles. The van der Waals surface area contributed by atoms with E-state index in [2.05, 4.69) is 14.6 Å². The van der Waals surface area contributed by atoms with Gasteiger partial charge in [-0.05, 0) is 25.1 Å². The highest BCUT2D eigenvalue weighted by Crippen LogP contribution is 2.29. The minimum atomic E-state index is -0.170. The van der Waals surface area contributed by atoms with Crippen LogP contribution in [0.25, 0.3) is 11.0 Å². The zero-order valence-electron chi connectivity index (χ0n) is 11.0. The number of aryl methyl sites for hydroxylation is 2. The normalized spacial score (nSPS) is 12.9. The summed E-state index contributed by atoms with van der Waals surface area (Å²) in [6, 6.07) is 7.63. The fraction of sp³-hybridized carbons (Fsp3) is 0.286. The molecule has 20 heavy (non-hydrogen) atoms. The van der Waals surface area contributed by atoms with Gasteiger partial charge in [0.2, 0.25) is 0 Å². The number of hydrogen-bond acceptors (Lipinski definition) is 2. The molecule has 1 atom stereocenters. The predicted octanol–water partition coefficient (Wildman–Crippen LogP) is 3.89. The van der Waals surface area contributed by atoms with Crippen LogP contribution in [0.3, 0.4) is 0 Å². The van der Waals surface area contributed by atoms with Crippen molar-refractivity contribution in [2.24, 2.45) is 0 Å². The van der Waals surface area contributed by atoms with Gasteiger partial charge in [0, 0.05) is 18.9 Å². The Morgan fingerprint density at radius 2 is 2.10 bits per heavy atom. The second-order valence-corrected chi connectivity index (χ2v) is 5.68.